The number of fused-ring (bicyclic) bond motifs is 2. The van der Waals surface area contributed by atoms with Crippen molar-refractivity contribution in [3.63, 3.8) is 0 Å². The van der Waals surface area contributed by atoms with E-state index in [4.69, 9.17) is 0 Å². The normalized spacial score (nSPS) is 22.2. The fourth-order valence-electron chi connectivity index (χ4n) is 11.0. The Hall–Kier alpha value is -6.38. The Bertz CT molecular complexity index is 3020. The van der Waals surface area contributed by atoms with E-state index < -0.39 is 69.4 Å². The molecule has 0 saturated carbocycles. The van der Waals surface area contributed by atoms with Gasteiger partial charge in [0.25, 0.3) is 5.91 Å². The predicted octanol–water partition coefficient (Wildman–Crippen LogP) is 5.38. The van der Waals surface area contributed by atoms with Gasteiger partial charge in [-0.2, -0.15) is 12.7 Å². The predicted molar refractivity (Wildman–Crippen MR) is 243 cm³/mol. The minimum atomic E-state index is -4.36. The number of carbonyl (C=O) groups is 4. The number of amides is 3. The van der Waals surface area contributed by atoms with Crippen LogP contribution in [0.5, 0.6) is 0 Å². The molecule has 1 spiro atoms. The number of nitrogens with zero attached hydrogens (tertiary/aromatic N) is 6. The number of ketones is 1. The van der Waals surface area contributed by atoms with Gasteiger partial charge >= 0.3 is 10.2 Å². The summed E-state index contributed by atoms with van der Waals surface area (Å²) in [7, 11) is -4.36. The van der Waals surface area contributed by atoms with Gasteiger partial charge in [-0.05, 0) is 85.2 Å². The Balaban J connectivity index is 0.675. The van der Waals surface area contributed by atoms with E-state index in [0.29, 0.717) is 46.9 Å². The topological polar surface area (TPSA) is 171 Å². The molecule has 11 rings (SSSR count). The lowest BCUT2D eigenvalue weighted by atomic mass is 9.72. The molecule has 3 aromatic carbocycles. The summed E-state index contributed by atoms with van der Waals surface area (Å²) < 4.78 is 88.6. The van der Waals surface area contributed by atoms with Crippen LogP contribution < -0.4 is 19.8 Å². The molecule has 0 radical (unpaired) electrons. The van der Waals surface area contributed by atoms with Gasteiger partial charge in [0.05, 0.1) is 16.9 Å². The molecule has 8 heterocycles. The van der Waals surface area contributed by atoms with Crippen LogP contribution >= 0.6 is 0 Å². The summed E-state index contributed by atoms with van der Waals surface area (Å²) >= 11 is 0. The molecule has 0 aliphatic carbocycles. The van der Waals surface area contributed by atoms with Crippen LogP contribution in [0.15, 0.2) is 67.0 Å². The van der Waals surface area contributed by atoms with Gasteiger partial charge in [0.15, 0.2) is 5.82 Å². The number of aromatic amines is 1. The fraction of sp³-hybridized carbons (Fsp3) is 0.396. The maximum atomic E-state index is 15.8. The van der Waals surface area contributed by atoms with Crippen LogP contribution in [-0.2, 0) is 26.3 Å². The molecule has 68 heavy (non-hydrogen) atoms. The van der Waals surface area contributed by atoms with Gasteiger partial charge in [0.1, 0.15) is 29.5 Å². The monoisotopic (exact) mass is 953 g/mol. The van der Waals surface area contributed by atoms with Crippen LogP contribution in [0.3, 0.4) is 0 Å². The highest BCUT2D eigenvalue weighted by Gasteiger charge is 2.52. The molecule has 5 fully saturated rings. The number of benzene rings is 3. The van der Waals surface area contributed by atoms with E-state index >= 15 is 13.2 Å². The van der Waals surface area contributed by atoms with Crippen molar-refractivity contribution in [1.82, 2.24) is 29.4 Å². The summed E-state index contributed by atoms with van der Waals surface area (Å²) in [5.41, 5.74) is 2.91. The Labute approximate surface area is 388 Å². The molecule has 0 unspecified atom stereocenters. The molecule has 2 aromatic heterocycles. The van der Waals surface area contributed by atoms with E-state index in [1.54, 1.807) is 18.3 Å². The second kappa shape index (κ2) is 16.7. The van der Waals surface area contributed by atoms with Crippen LogP contribution in [0, 0.1) is 28.8 Å². The van der Waals surface area contributed by atoms with Crippen LogP contribution in [0.4, 0.5) is 34.6 Å². The number of H-pyrrole nitrogens is 1. The number of imide groups is 1. The van der Waals surface area contributed by atoms with Gasteiger partial charge in [-0.1, -0.05) is 12.1 Å². The molecule has 20 heteroatoms. The molecule has 6 aliphatic rings. The van der Waals surface area contributed by atoms with E-state index in [2.05, 4.69) is 30.0 Å². The van der Waals surface area contributed by atoms with Gasteiger partial charge in [0.2, 0.25) is 17.6 Å². The van der Waals surface area contributed by atoms with E-state index in [1.807, 2.05) is 29.0 Å². The summed E-state index contributed by atoms with van der Waals surface area (Å²) in [5.74, 6) is -4.77. The number of piperidine rings is 2. The molecule has 3 N–H and O–H groups in total. The van der Waals surface area contributed by atoms with Gasteiger partial charge in [-0.15, -0.1) is 0 Å². The number of likely N-dealkylation sites (tertiary alicyclic amines) is 1. The highest BCUT2D eigenvalue weighted by atomic mass is 32.2. The van der Waals surface area contributed by atoms with Gasteiger partial charge in [-0.25, -0.2) is 22.5 Å². The number of carbonyl (C=O) groups excluding carboxylic acids is 4. The lowest BCUT2D eigenvalue weighted by molar-refractivity contribution is -0.136. The number of hydrogen-bond donors (Lipinski definition) is 3. The molecule has 6 aliphatic heterocycles. The zero-order valence-corrected chi connectivity index (χ0v) is 37.6. The Morgan fingerprint density at radius 2 is 1.63 bits per heavy atom. The first-order chi connectivity index (χ1) is 32.6. The van der Waals surface area contributed by atoms with Crippen molar-refractivity contribution in [2.75, 3.05) is 73.4 Å². The summed E-state index contributed by atoms with van der Waals surface area (Å²) in [6.45, 7) is 5.98. The van der Waals surface area contributed by atoms with Crippen molar-refractivity contribution in [2.24, 2.45) is 11.3 Å². The van der Waals surface area contributed by atoms with Crippen LogP contribution in [0.25, 0.3) is 22.2 Å². The van der Waals surface area contributed by atoms with Gasteiger partial charge < -0.3 is 24.6 Å². The summed E-state index contributed by atoms with van der Waals surface area (Å²) in [5, 5.41) is 2.63. The molecule has 5 saturated heterocycles. The third-order valence-corrected chi connectivity index (χ3v) is 16.1. The number of alkyl halides is 1. The van der Waals surface area contributed by atoms with E-state index in [0.717, 1.165) is 73.3 Å². The Morgan fingerprint density at radius 3 is 2.35 bits per heavy atom. The molecule has 5 aromatic rings. The van der Waals surface area contributed by atoms with Crippen LogP contribution in [-0.4, -0.2) is 127 Å². The fourth-order valence-corrected chi connectivity index (χ4v) is 12.3. The lowest BCUT2D eigenvalue weighted by Crippen LogP contribution is -2.72. The molecule has 2 atom stereocenters. The second-order valence-corrected chi connectivity index (χ2v) is 20.8. The molecular formula is C48H47F4N9O6S. The zero-order chi connectivity index (χ0) is 47.2. The Morgan fingerprint density at radius 1 is 0.868 bits per heavy atom. The minimum Gasteiger partial charge on any atom is -0.370 e. The third kappa shape index (κ3) is 7.84. The van der Waals surface area contributed by atoms with Crippen LogP contribution in [0.2, 0.25) is 0 Å². The zero-order valence-electron chi connectivity index (χ0n) is 36.7. The molecule has 354 valence electrons. The second-order valence-electron chi connectivity index (χ2n) is 19.2. The minimum absolute atomic E-state index is 0.00156. The van der Waals surface area contributed by atoms with Gasteiger partial charge in [-0.3, -0.25) is 29.2 Å². The number of halogens is 4. The average molecular weight is 954 g/mol. The summed E-state index contributed by atoms with van der Waals surface area (Å²) in [6, 6.07) is 13.7. The highest BCUT2D eigenvalue weighted by Crippen LogP contribution is 2.43. The summed E-state index contributed by atoms with van der Waals surface area (Å²) in [4.78, 5) is 66.7. The molecular weight excluding hydrogens is 907 g/mol. The largest absolute Gasteiger partial charge is 0.370 e. The standard InChI is InChI=1S/C48H47F4N9O6S/c49-31-11-14-60(22-31)68(66,67)56-38-6-5-36(50)42(43(38)52)44(63)35-19-54-45-34(35)15-29(18-53-45)28-1-3-32(4-2-28)59-25-48(26-59)23-57(24-48)20-27-9-12-58(13-10-27)40-16-30-21-61(47(65)33(30)17-37(40)51)39-7-8-41(62)55-46(39)64/h1-6,15-19,27,31,39,56H,7-14,20-26H2,(H,53,54)(H,55,62,64)/t31-,39+/m1/s1. The first-order valence-corrected chi connectivity index (χ1v) is 24.3. The van der Waals surface area contributed by atoms with E-state index in [9.17, 15) is 32.0 Å². The SMILES string of the molecule is O=C1CC[C@H](N2Cc3cc(N4CCC(CN5CC6(C5)CN(c5ccc(-c7cnc8[nH]cc(C(=O)c9c(F)ccc(NS(=O)(=O)N%10CC[C@@H](F)C%10)c9F)c8c7)cc5)C6)CC4)c(F)cc3C2=O)C(=O)N1. The quantitative estimate of drug-likeness (QED) is 0.0888. The maximum Gasteiger partial charge on any atom is 0.301 e. The highest BCUT2D eigenvalue weighted by molar-refractivity contribution is 7.90. The maximum absolute atomic E-state index is 15.8. The van der Waals surface area contributed by atoms with Crippen molar-refractivity contribution < 1.29 is 45.2 Å². The number of rotatable bonds is 11. The molecule has 0 bridgehead atoms. The first-order valence-electron chi connectivity index (χ1n) is 22.8. The van der Waals surface area contributed by atoms with Crippen molar-refractivity contribution in [1.29, 1.82) is 0 Å². The third-order valence-electron chi connectivity index (χ3n) is 14.6. The number of pyridine rings is 1. The molecule has 3 amide bonds. The van der Waals surface area contributed by atoms with Crippen molar-refractivity contribution in [2.45, 2.75) is 50.9 Å². The molecule has 15 nitrogen and oxygen atoms in total. The van der Waals surface area contributed by atoms with E-state index in [-0.39, 0.29) is 60.7 Å². The summed E-state index contributed by atoms with van der Waals surface area (Å²) in [6.07, 6.45) is 3.85. The van der Waals surface area contributed by atoms with E-state index in [1.165, 1.54) is 17.2 Å². The van der Waals surface area contributed by atoms with Crippen LogP contribution in [0.1, 0.15) is 63.9 Å². The number of aromatic nitrogens is 2. The average Bonchev–Trinajstić information content (AvgIpc) is 4.02. The van der Waals surface area contributed by atoms with Crippen molar-refractivity contribution in [3.05, 3.63) is 107 Å². The van der Waals surface area contributed by atoms with Gasteiger partial charge in [0, 0.05) is 117 Å². The lowest BCUT2D eigenvalue weighted by Gasteiger charge is -2.61. The van der Waals surface area contributed by atoms with Crippen molar-refractivity contribution >= 4 is 61.8 Å². The number of hydrogen-bond acceptors (Lipinski definition) is 10. The van der Waals surface area contributed by atoms with Crippen molar-refractivity contribution in [3.8, 4) is 11.1 Å². The first kappa shape index (κ1) is 44.1. The Kier molecular flexibility index (Phi) is 10.8. The smallest absolute Gasteiger partial charge is 0.301 e. The number of nitrogens with one attached hydrogen (secondary N) is 3. The number of anilines is 3.